The number of amides is 1. The second-order valence-electron chi connectivity index (χ2n) is 5.88. The molecule has 0 spiro atoms. The highest BCUT2D eigenvalue weighted by atomic mass is 35.5. The Morgan fingerprint density at radius 1 is 1.19 bits per heavy atom. The molecule has 5 heteroatoms. The van der Waals surface area contributed by atoms with E-state index in [1.165, 1.54) is 19.3 Å². The van der Waals surface area contributed by atoms with E-state index in [9.17, 15) is 9.90 Å². The monoisotopic (exact) mass is 310 g/mol. The van der Waals surface area contributed by atoms with E-state index in [1.54, 1.807) is 24.3 Å². The minimum atomic E-state index is -0.0822. The number of nitrogens with one attached hydrogen (secondary N) is 2. The first-order valence-electron chi connectivity index (χ1n) is 7.51. The molecule has 0 atom stereocenters. The highest BCUT2D eigenvalue weighted by molar-refractivity contribution is 6.30. The number of carbonyl (C=O) groups excluding carboxylic acids is 1. The zero-order chi connectivity index (χ0) is 15.1. The maximum Gasteiger partial charge on any atom is 0.238 e. The van der Waals surface area contributed by atoms with Crippen molar-refractivity contribution in [2.75, 3.05) is 25.0 Å². The van der Waals surface area contributed by atoms with Gasteiger partial charge in [-0.1, -0.05) is 30.9 Å². The predicted molar refractivity (Wildman–Crippen MR) is 85.6 cm³/mol. The van der Waals surface area contributed by atoms with E-state index in [2.05, 4.69) is 10.6 Å². The van der Waals surface area contributed by atoms with Gasteiger partial charge in [0, 0.05) is 29.3 Å². The zero-order valence-corrected chi connectivity index (χ0v) is 13.0. The van der Waals surface area contributed by atoms with Gasteiger partial charge in [-0.2, -0.15) is 0 Å². The Balaban J connectivity index is 1.74. The Hall–Kier alpha value is -1.10. The molecule has 1 saturated carbocycles. The first kappa shape index (κ1) is 16.3. The summed E-state index contributed by atoms with van der Waals surface area (Å²) < 4.78 is 0. The van der Waals surface area contributed by atoms with Gasteiger partial charge in [0.15, 0.2) is 0 Å². The fourth-order valence-corrected chi connectivity index (χ4v) is 3.00. The number of aliphatic hydroxyl groups excluding tert-OH is 1. The summed E-state index contributed by atoms with van der Waals surface area (Å²) in [6, 6.07) is 7.04. The van der Waals surface area contributed by atoms with Crippen LogP contribution in [0.2, 0.25) is 5.02 Å². The molecule has 0 unspecified atom stereocenters. The number of halogens is 1. The summed E-state index contributed by atoms with van der Waals surface area (Å²) in [6.45, 7) is 1.14. The summed E-state index contributed by atoms with van der Waals surface area (Å²) in [7, 11) is 0. The Kier molecular flexibility index (Phi) is 6.03. The van der Waals surface area contributed by atoms with Crippen LogP contribution in [0.25, 0.3) is 0 Å². The summed E-state index contributed by atoms with van der Waals surface area (Å²) in [6.07, 6.45) is 5.65. The second-order valence-corrected chi connectivity index (χ2v) is 6.31. The lowest BCUT2D eigenvalue weighted by molar-refractivity contribution is -0.115. The quantitative estimate of drug-likeness (QED) is 0.757. The number of hydrogen-bond acceptors (Lipinski definition) is 3. The number of benzene rings is 1. The lowest BCUT2D eigenvalue weighted by Gasteiger charge is -2.35. The van der Waals surface area contributed by atoms with Crippen LogP contribution in [0.3, 0.4) is 0 Å². The van der Waals surface area contributed by atoms with Crippen molar-refractivity contribution in [1.29, 1.82) is 0 Å². The number of hydrogen-bond donors (Lipinski definition) is 3. The second kappa shape index (κ2) is 7.78. The SMILES string of the molecule is O=C(CNCC1(CO)CCCCC1)Nc1ccc(Cl)cc1. The third-order valence-corrected chi connectivity index (χ3v) is 4.42. The van der Waals surface area contributed by atoms with E-state index in [0.29, 0.717) is 11.6 Å². The molecular formula is C16H23ClN2O2. The van der Waals surface area contributed by atoms with Crippen LogP contribution in [0, 0.1) is 5.41 Å². The van der Waals surface area contributed by atoms with Crippen LogP contribution in [0.4, 0.5) is 5.69 Å². The normalized spacial score (nSPS) is 17.4. The molecule has 1 aliphatic carbocycles. The van der Waals surface area contributed by atoms with E-state index in [4.69, 9.17) is 11.6 Å². The van der Waals surface area contributed by atoms with Crippen molar-refractivity contribution < 1.29 is 9.90 Å². The highest BCUT2D eigenvalue weighted by Gasteiger charge is 2.30. The molecule has 3 N–H and O–H groups in total. The fourth-order valence-electron chi connectivity index (χ4n) is 2.87. The Bertz CT molecular complexity index is 456. The third kappa shape index (κ3) is 4.99. The lowest BCUT2D eigenvalue weighted by Crippen LogP contribution is -2.41. The predicted octanol–water partition coefficient (Wildman–Crippen LogP) is 2.81. The molecule has 1 amide bonds. The molecule has 0 aliphatic heterocycles. The minimum absolute atomic E-state index is 0.0429. The molecule has 1 aromatic rings. The summed E-state index contributed by atoms with van der Waals surface area (Å²) in [5.74, 6) is -0.0822. The van der Waals surface area contributed by atoms with Gasteiger partial charge in [-0.15, -0.1) is 0 Å². The van der Waals surface area contributed by atoms with Gasteiger partial charge in [0.2, 0.25) is 5.91 Å². The third-order valence-electron chi connectivity index (χ3n) is 4.16. The topological polar surface area (TPSA) is 61.4 Å². The van der Waals surface area contributed by atoms with Gasteiger partial charge in [0.05, 0.1) is 6.54 Å². The maximum atomic E-state index is 11.9. The Morgan fingerprint density at radius 2 is 1.86 bits per heavy atom. The van der Waals surface area contributed by atoms with E-state index < -0.39 is 0 Å². The average molecular weight is 311 g/mol. The summed E-state index contributed by atoms with van der Waals surface area (Å²) in [5, 5.41) is 16.3. The van der Waals surface area contributed by atoms with Crippen LogP contribution < -0.4 is 10.6 Å². The van der Waals surface area contributed by atoms with Gasteiger partial charge in [0.1, 0.15) is 0 Å². The number of rotatable bonds is 6. The standard InChI is InChI=1S/C16H23ClN2O2/c17-13-4-6-14(7-5-13)19-15(21)10-18-11-16(12-20)8-2-1-3-9-16/h4-7,18,20H,1-3,8-12H2,(H,19,21). The van der Waals surface area contributed by atoms with E-state index in [1.807, 2.05) is 0 Å². The molecule has 1 fully saturated rings. The molecule has 0 saturated heterocycles. The van der Waals surface area contributed by atoms with Crippen LogP contribution in [0.1, 0.15) is 32.1 Å². The van der Waals surface area contributed by atoms with Gasteiger partial charge < -0.3 is 15.7 Å². The van der Waals surface area contributed by atoms with Crippen LogP contribution in [-0.4, -0.2) is 30.7 Å². The van der Waals surface area contributed by atoms with Crippen molar-refractivity contribution in [3.63, 3.8) is 0 Å². The maximum absolute atomic E-state index is 11.9. The highest BCUT2D eigenvalue weighted by Crippen LogP contribution is 2.35. The van der Waals surface area contributed by atoms with Crippen LogP contribution in [0.15, 0.2) is 24.3 Å². The van der Waals surface area contributed by atoms with Gasteiger partial charge in [0.25, 0.3) is 0 Å². The average Bonchev–Trinajstić information content (AvgIpc) is 2.50. The lowest BCUT2D eigenvalue weighted by atomic mass is 9.74. The summed E-state index contributed by atoms with van der Waals surface area (Å²) in [5.41, 5.74) is 0.694. The van der Waals surface area contributed by atoms with Gasteiger partial charge in [-0.25, -0.2) is 0 Å². The minimum Gasteiger partial charge on any atom is -0.396 e. The zero-order valence-electron chi connectivity index (χ0n) is 12.2. The number of carbonyl (C=O) groups is 1. The summed E-state index contributed by atoms with van der Waals surface area (Å²) >= 11 is 5.80. The molecule has 0 heterocycles. The van der Waals surface area contributed by atoms with Crippen molar-refractivity contribution in [2.45, 2.75) is 32.1 Å². The van der Waals surface area contributed by atoms with Gasteiger partial charge >= 0.3 is 0 Å². The van der Waals surface area contributed by atoms with Crippen molar-refractivity contribution in [2.24, 2.45) is 5.41 Å². The first-order valence-corrected chi connectivity index (χ1v) is 7.88. The number of anilines is 1. The van der Waals surface area contributed by atoms with E-state index >= 15 is 0 Å². The molecule has 2 rings (SSSR count). The Morgan fingerprint density at radius 3 is 2.48 bits per heavy atom. The fraction of sp³-hybridized carbons (Fsp3) is 0.562. The smallest absolute Gasteiger partial charge is 0.238 e. The molecule has 1 aliphatic rings. The van der Waals surface area contributed by atoms with Crippen LogP contribution in [0.5, 0.6) is 0 Å². The molecule has 116 valence electrons. The van der Waals surface area contributed by atoms with Gasteiger partial charge in [-0.05, 0) is 37.1 Å². The molecule has 4 nitrogen and oxygen atoms in total. The Labute approximate surface area is 130 Å². The van der Waals surface area contributed by atoms with E-state index in [-0.39, 0.29) is 24.5 Å². The molecule has 0 aromatic heterocycles. The largest absolute Gasteiger partial charge is 0.396 e. The van der Waals surface area contributed by atoms with Gasteiger partial charge in [-0.3, -0.25) is 4.79 Å². The molecule has 0 radical (unpaired) electrons. The molecule has 1 aromatic carbocycles. The first-order chi connectivity index (χ1) is 10.1. The van der Waals surface area contributed by atoms with Crippen LogP contribution >= 0.6 is 11.6 Å². The molecule has 0 bridgehead atoms. The number of aliphatic hydroxyl groups is 1. The molecular weight excluding hydrogens is 288 g/mol. The van der Waals surface area contributed by atoms with Crippen molar-refractivity contribution >= 4 is 23.2 Å². The summed E-state index contributed by atoms with van der Waals surface area (Å²) in [4.78, 5) is 11.9. The van der Waals surface area contributed by atoms with Crippen LogP contribution in [-0.2, 0) is 4.79 Å². The van der Waals surface area contributed by atoms with Crippen molar-refractivity contribution in [1.82, 2.24) is 5.32 Å². The van der Waals surface area contributed by atoms with Crippen molar-refractivity contribution in [3.8, 4) is 0 Å². The molecule has 21 heavy (non-hydrogen) atoms. The van der Waals surface area contributed by atoms with Crippen molar-refractivity contribution in [3.05, 3.63) is 29.3 Å². The van der Waals surface area contributed by atoms with E-state index in [0.717, 1.165) is 18.5 Å².